The quantitative estimate of drug-likeness (QED) is 0.828. The molecule has 0 aliphatic carbocycles. The number of nitrogens with one attached hydrogen (secondary N) is 1. The van der Waals surface area contributed by atoms with Crippen molar-refractivity contribution in [3.05, 3.63) is 28.7 Å². The molecule has 0 aliphatic heterocycles. The SMILES string of the molecule is CCC(CC)(C(=O)O)n1nnnc1-c1ccc(=O)[nH]c1. The number of aromatic nitrogens is 5. The molecule has 2 heterocycles. The molecule has 0 saturated heterocycles. The van der Waals surface area contributed by atoms with Crippen molar-refractivity contribution >= 4 is 5.97 Å². The van der Waals surface area contributed by atoms with Crippen LogP contribution in [0.5, 0.6) is 0 Å². The van der Waals surface area contributed by atoms with E-state index in [-0.39, 0.29) is 5.56 Å². The monoisotopic (exact) mass is 277 g/mol. The number of carboxylic acid groups (broad SMARTS) is 1. The highest BCUT2D eigenvalue weighted by atomic mass is 16.4. The third-order valence-corrected chi connectivity index (χ3v) is 3.49. The molecule has 0 amide bonds. The molecule has 0 spiro atoms. The molecule has 0 unspecified atom stereocenters. The van der Waals surface area contributed by atoms with E-state index < -0.39 is 11.5 Å². The second-order valence-corrected chi connectivity index (χ2v) is 4.40. The van der Waals surface area contributed by atoms with Gasteiger partial charge in [0.1, 0.15) is 0 Å². The van der Waals surface area contributed by atoms with Gasteiger partial charge >= 0.3 is 5.97 Å². The van der Waals surface area contributed by atoms with Gasteiger partial charge in [0.15, 0.2) is 11.4 Å². The Morgan fingerprint density at radius 1 is 1.40 bits per heavy atom. The molecular formula is C12H15N5O3. The van der Waals surface area contributed by atoms with Gasteiger partial charge in [-0.1, -0.05) is 13.8 Å². The lowest BCUT2D eigenvalue weighted by Crippen LogP contribution is -2.42. The van der Waals surface area contributed by atoms with Crippen LogP contribution in [0.4, 0.5) is 0 Å². The van der Waals surface area contributed by atoms with E-state index in [2.05, 4.69) is 20.5 Å². The maximum Gasteiger partial charge on any atom is 0.331 e. The number of pyridine rings is 1. The Kier molecular flexibility index (Phi) is 3.64. The topological polar surface area (TPSA) is 114 Å². The minimum atomic E-state index is -1.20. The summed E-state index contributed by atoms with van der Waals surface area (Å²) < 4.78 is 1.31. The summed E-state index contributed by atoms with van der Waals surface area (Å²) in [5, 5.41) is 20.8. The van der Waals surface area contributed by atoms with Crippen LogP contribution in [0.2, 0.25) is 0 Å². The summed E-state index contributed by atoms with van der Waals surface area (Å²) >= 11 is 0. The van der Waals surface area contributed by atoms with E-state index in [9.17, 15) is 14.7 Å². The van der Waals surface area contributed by atoms with Crippen molar-refractivity contribution in [2.75, 3.05) is 0 Å². The number of carboxylic acids is 1. The van der Waals surface area contributed by atoms with Crippen molar-refractivity contribution in [2.24, 2.45) is 0 Å². The van der Waals surface area contributed by atoms with Crippen LogP contribution in [0, 0.1) is 0 Å². The molecule has 0 radical (unpaired) electrons. The lowest BCUT2D eigenvalue weighted by Gasteiger charge is -2.27. The van der Waals surface area contributed by atoms with Crippen molar-refractivity contribution in [2.45, 2.75) is 32.2 Å². The van der Waals surface area contributed by atoms with Gasteiger partial charge in [0.2, 0.25) is 5.56 Å². The molecule has 0 aliphatic rings. The zero-order valence-electron chi connectivity index (χ0n) is 11.2. The Bertz CT molecular complexity index is 651. The number of tetrazole rings is 1. The molecule has 2 rings (SSSR count). The molecule has 8 nitrogen and oxygen atoms in total. The van der Waals surface area contributed by atoms with Crippen molar-refractivity contribution in [1.82, 2.24) is 25.2 Å². The van der Waals surface area contributed by atoms with Gasteiger partial charge in [-0.3, -0.25) is 4.79 Å². The number of aliphatic carboxylic acids is 1. The molecular weight excluding hydrogens is 262 g/mol. The summed E-state index contributed by atoms with van der Waals surface area (Å²) in [6.45, 7) is 3.55. The third kappa shape index (κ3) is 2.09. The number of carbonyl (C=O) groups is 1. The van der Waals surface area contributed by atoms with Crippen LogP contribution in [-0.2, 0) is 10.3 Å². The summed E-state index contributed by atoms with van der Waals surface area (Å²) in [6.07, 6.45) is 2.16. The van der Waals surface area contributed by atoms with Gasteiger partial charge in [-0.25, -0.2) is 9.48 Å². The highest BCUT2D eigenvalue weighted by Crippen LogP contribution is 2.28. The van der Waals surface area contributed by atoms with Crippen LogP contribution in [0.15, 0.2) is 23.1 Å². The number of nitrogens with zero attached hydrogens (tertiary/aromatic N) is 4. The Morgan fingerprint density at radius 3 is 2.60 bits per heavy atom. The molecule has 2 aromatic rings. The van der Waals surface area contributed by atoms with Crippen LogP contribution in [0.3, 0.4) is 0 Å². The molecule has 2 aromatic heterocycles. The third-order valence-electron chi connectivity index (χ3n) is 3.49. The van der Waals surface area contributed by atoms with Gasteiger partial charge < -0.3 is 10.1 Å². The standard InChI is InChI=1S/C12H15N5O3/c1-3-12(4-2,11(19)20)17-10(14-15-16-17)8-5-6-9(18)13-7-8/h5-7H,3-4H2,1-2H3,(H,13,18)(H,19,20). The highest BCUT2D eigenvalue weighted by Gasteiger charge is 2.40. The molecule has 0 fully saturated rings. The number of rotatable bonds is 5. The van der Waals surface area contributed by atoms with Gasteiger partial charge in [-0.2, -0.15) is 0 Å². The van der Waals surface area contributed by atoms with Gasteiger partial charge in [-0.05, 0) is 29.3 Å². The summed E-state index contributed by atoms with van der Waals surface area (Å²) in [6, 6.07) is 2.90. The fraction of sp³-hybridized carbons (Fsp3) is 0.417. The summed E-state index contributed by atoms with van der Waals surface area (Å²) in [7, 11) is 0. The molecule has 0 bridgehead atoms. The summed E-state index contributed by atoms with van der Waals surface area (Å²) in [4.78, 5) is 25.3. The van der Waals surface area contributed by atoms with Crippen molar-refractivity contribution in [3.8, 4) is 11.4 Å². The minimum absolute atomic E-state index is 0.247. The predicted molar refractivity (Wildman–Crippen MR) is 70.1 cm³/mol. The Hall–Kier alpha value is -2.51. The van der Waals surface area contributed by atoms with Crippen LogP contribution in [0.25, 0.3) is 11.4 Å². The molecule has 2 N–H and O–H groups in total. The molecule has 0 saturated carbocycles. The van der Waals surface area contributed by atoms with Crippen LogP contribution in [-0.4, -0.2) is 36.3 Å². The zero-order valence-corrected chi connectivity index (χ0v) is 11.2. The zero-order chi connectivity index (χ0) is 14.8. The second-order valence-electron chi connectivity index (χ2n) is 4.40. The molecule has 0 atom stereocenters. The summed E-state index contributed by atoms with van der Waals surface area (Å²) in [5.74, 6) is -0.673. The first kappa shape index (κ1) is 13.9. The van der Waals surface area contributed by atoms with E-state index >= 15 is 0 Å². The van der Waals surface area contributed by atoms with Gasteiger partial charge in [0.05, 0.1) is 0 Å². The lowest BCUT2D eigenvalue weighted by atomic mass is 9.93. The Labute approximate surface area is 114 Å². The van der Waals surface area contributed by atoms with Gasteiger partial charge in [-0.15, -0.1) is 5.10 Å². The first-order valence-electron chi connectivity index (χ1n) is 6.26. The first-order chi connectivity index (χ1) is 9.55. The molecule has 8 heteroatoms. The number of H-pyrrole nitrogens is 1. The van der Waals surface area contributed by atoms with E-state index in [0.717, 1.165) is 0 Å². The van der Waals surface area contributed by atoms with Crippen molar-refractivity contribution in [1.29, 1.82) is 0 Å². The normalized spacial score (nSPS) is 11.5. The fourth-order valence-corrected chi connectivity index (χ4v) is 2.15. The molecule has 0 aromatic carbocycles. The maximum atomic E-state index is 11.6. The second kappa shape index (κ2) is 5.24. The van der Waals surface area contributed by atoms with E-state index in [1.165, 1.54) is 16.9 Å². The Morgan fingerprint density at radius 2 is 2.10 bits per heavy atom. The highest BCUT2D eigenvalue weighted by molar-refractivity contribution is 5.77. The maximum absolute atomic E-state index is 11.6. The average molecular weight is 277 g/mol. The van der Waals surface area contributed by atoms with Gasteiger partial charge in [0, 0.05) is 17.8 Å². The molecule has 106 valence electrons. The van der Waals surface area contributed by atoms with E-state index in [0.29, 0.717) is 24.2 Å². The van der Waals surface area contributed by atoms with Crippen LogP contribution >= 0.6 is 0 Å². The average Bonchev–Trinajstić information content (AvgIpc) is 2.91. The lowest BCUT2D eigenvalue weighted by molar-refractivity contribution is -0.148. The first-order valence-corrected chi connectivity index (χ1v) is 6.26. The van der Waals surface area contributed by atoms with E-state index in [1.807, 2.05) is 0 Å². The number of hydrogen-bond donors (Lipinski definition) is 2. The van der Waals surface area contributed by atoms with Crippen molar-refractivity contribution in [3.63, 3.8) is 0 Å². The van der Waals surface area contributed by atoms with Crippen molar-refractivity contribution < 1.29 is 9.90 Å². The van der Waals surface area contributed by atoms with Gasteiger partial charge in [0.25, 0.3) is 0 Å². The fourth-order valence-electron chi connectivity index (χ4n) is 2.15. The Balaban J connectivity index is 2.60. The minimum Gasteiger partial charge on any atom is -0.479 e. The number of hydrogen-bond acceptors (Lipinski definition) is 5. The predicted octanol–water partition coefficient (Wildman–Crippen LogP) is 0.628. The molecule has 20 heavy (non-hydrogen) atoms. The van der Waals surface area contributed by atoms with Crippen LogP contribution in [0.1, 0.15) is 26.7 Å². The van der Waals surface area contributed by atoms with Crippen LogP contribution < -0.4 is 5.56 Å². The number of aromatic amines is 1. The smallest absolute Gasteiger partial charge is 0.331 e. The summed E-state index contributed by atoms with van der Waals surface area (Å²) in [5.41, 5.74) is -0.889. The van der Waals surface area contributed by atoms with E-state index in [1.54, 1.807) is 19.9 Å². The largest absolute Gasteiger partial charge is 0.479 e. The van der Waals surface area contributed by atoms with E-state index in [4.69, 9.17) is 0 Å².